The third kappa shape index (κ3) is 15.6. The molecule has 8 bridgehead atoms. The first-order chi connectivity index (χ1) is 43.2. The minimum Gasteiger partial charge on any atom is -0.487 e. The highest BCUT2D eigenvalue weighted by Crippen LogP contribution is 2.45. The maximum atomic E-state index is 15.2. The van der Waals surface area contributed by atoms with Crippen LogP contribution in [0.3, 0.4) is 0 Å². The highest BCUT2D eigenvalue weighted by atomic mass is 16.6. The molecule has 0 fully saturated rings. The summed E-state index contributed by atoms with van der Waals surface area (Å²) < 4.78 is 39.7. The monoisotopic (exact) mass is 1210 g/mol. The molecule has 9 rings (SSSR count). The number of anilines is 2. The van der Waals surface area contributed by atoms with Gasteiger partial charge in [-0.05, 0) is 112 Å². The summed E-state index contributed by atoms with van der Waals surface area (Å²) in [7, 11) is 6.00. The molecular weight excluding hydrogens is 1120 g/mol. The van der Waals surface area contributed by atoms with Crippen molar-refractivity contribution in [1.82, 2.24) is 25.3 Å². The number of hydrogen-bond donors (Lipinski definition) is 4. The Hall–Kier alpha value is -8.37. The standard InChI is InChI=1S/C71H86N8O10/c1-12-14-15-16-27-87-46(7)66-44(5)57-36-56-43(4)52(25-26-64(80)85-10)68(78-56)54(35-65(81)86-11)69-67(45(6)58(79-69)37-60-51(13-2)42(3)55(76-60)38-61(66)77-57)71(82)72-40-49-21-17-19-47(32-49)23-24-48-20-18-22-50(33-48)75-70-53-34-62(88-30-28-83-8)63(89-31-29-84-9)39-59(53)73-41-74-70/h17-22,32-34,36,39,41,43,46,51-52,54,77,79H,12-16,25-31,35,37-38,40H2,1-11H3,(H,72,82)(H,73,74,75)/t43-,46?,51?,52-,54?/m0/s1. The molecule has 0 saturated heterocycles. The molecule has 0 radical (unpaired) electrons. The van der Waals surface area contributed by atoms with Crippen LogP contribution in [-0.2, 0) is 52.7 Å². The van der Waals surface area contributed by atoms with Gasteiger partial charge in [-0.25, -0.2) is 9.97 Å². The van der Waals surface area contributed by atoms with Crippen LogP contribution in [0.25, 0.3) is 17.0 Å². The van der Waals surface area contributed by atoms with Crippen LogP contribution in [0.2, 0.25) is 0 Å². The number of unbranched alkanes of at least 4 members (excludes halogenated alkanes) is 3. The maximum Gasteiger partial charge on any atom is 0.306 e. The number of allylic oxidation sites excluding steroid dienone is 3. The zero-order chi connectivity index (χ0) is 63.1. The first-order valence-corrected chi connectivity index (χ1v) is 31.2. The van der Waals surface area contributed by atoms with Gasteiger partial charge < -0.3 is 53.8 Å². The van der Waals surface area contributed by atoms with Gasteiger partial charge >= 0.3 is 11.9 Å². The van der Waals surface area contributed by atoms with Crippen molar-refractivity contribution in [3.63, 3.8) is 0 Å². The second-order valence-electron chi connectivity index (χ2n) is 23.2. The number of H-pyrrole nitrogens is 2. The van der Waals surface area contributed by atoms with Gasteiger partial charge in [0.1, 0.15) is 25.4 Å². The van der Waals surface area contributed by atoms with E-state index in [-0.39, 0.29) is 55.1 Å². The van der Waals surface area contributed by atoms with E-state index in [2.05, 4.69) is 90.0 Å². The van der Waals surface area contributed by atoms with E-state index in [0.717, 1.165) is 104 Å². The third-order valence-electron chi connectivity index (χ3n) is 17.4. The van der Waals surface area contributed by atoms with E-state index in [9.17, 15) is 9.59 Å². The Bertz CT molecular complexity index is 3730. The quantitative estimate of drug-likeness (QED) is 0.0226. The number of carbonyl (C=O) groups excluding carboxylic acids is 3. The van der Waals surface area contributed by atoms with Gasteiger partial charge in [0.25, 0.3) is 5.91 Å². The van der Waals surface area contributed by atoms with Crippen molar-refractivity contribution in [3.05, 3.63) is 146 Å². The molecule has 0 spiro atoms. The lowest BCUT2D eigenvalue weighted by atomic mass is 9.79. The Balaban J connectivity index is 1.02. The van der Waals surface area contributed by atoms with Crippen LogP contribution in [0.1, 0.15) is 165 Å². The fourth-order valence-electron chi connectivity index (χ4n) is 12.5. The number of methoxy groups -OCH3 is 4. The fraction of sp³-hybridized carbons (Fsp3) is 0.451. The summed E-state index contributed by atoms with van der Waals surface area (Å²) in [6.07, 6.45) is 10.2. The molecule has 4 N–H and O–H groups in total. The minimum atomic E-state index is -0.731. The smallest absolute Gasteiger partial charge is 0.306 e. The van der Waals surface area contributed by atoms with Gasteiger partial charge in [0.2, 0.25) is 0 Å². The summed E-state index contributed by atoms with van der Waals surface area (Å²) in [4.78, 5) is 69.6. The first-order valence-electron chi connectivity index (χ1n) is 31.2. The van der Waals surface area contributed by atoms with Gasteiger partial charge in [0.05, 0.1) is 51.0 Å². The summed E-state index contributed by atoms with van der Waals surface area (Å²) in [6, 6.07) is 19.2. The lowest BCUT2D eigenvalue weighted by molar-refractivity contribution is -0.141. The van der Waals surface area contributed by atoms with Crippen LogP contribution in [0.4, 0.5) is 11.5 Å². The van der Waals surface area contributed by atoms with Gasteiger partial charge in [-0.1, -0.05) is 70.1 Å². The SMILES string of the molecule is CCCCCCOC(C)c1c2[nH]c(c1C)C=C1N=C(C(CC(=O)OC)c3[nH]c(c(C)c3C(=O)NCc3cccc(C#Cc4cccc(Nc5ncnc6cc(OCCOC)c(OCCOC)cc56)c4)c3)CC3=NC(=C(C)C3CC)C2)[C@@H](CCC(=O)OC)[C@@H]1C. The number of aromatic amines is 2. The van der Waals surface area contributed by atoms with E-state index in [1.54, 1.807) is 14.2 Å². The molecule has 3 aromatic heterocycles. The molecule has 3 aliphatic rings. The Morgan fingerprint density at radius 1 is 0.764 bits per heavy atom. The molecule has 5 atom stereocenters. The Morgan fingerprint density at radius 3 is 2.21 bits per heavy atom. The van der Waals surface area contributed by atoms with E-state index in [1.807, 2.05) is 67.6 Å². The van der Waals surface area contributed by atoms with Gasteiger partial charge in [0, 0.05) is 150 Å². The predicted octanol–water partition coefficient (Wildman–Crippen LogP) is 12.9. The van der Waals surface area contributed by atoms with Crippen molar-refractivity contribution in [2.45, 2.75) is 131 Å². The van der Waals surface area contributed by atoms with E-state index in [1.165, 1.54) is 32.5 Å². The number of nitrogens with zero attached hydrogens (tertiary/aromatic N) is 4. The molecule has 18 heteroatoms. The molecule has 89 heavy (non-hydrogen) atoms. The molecule has 3 aromatic carbocycles. The summed E-state index contributed by atoms with van der Waals surface area (Å²) in [5.41, 5.74) is 15.3. The normalized spacial score (nSPS) is 17.3. The number of aliphatic imine (C=N–C) groups is 2. The van der Waals surface area contributed by atoms with Crippen LogP contribution < -0.4 is 20.1 Å². The predicted molar refractivity (Wildman–Crippen MR) is 347 cm³/mol. The van der Waals surface area contributed by atoms with Crippen LogP contribution >= 0.6 is 0 Å². The average molecular weight is 1210 g/mol. The zero-order valence-corrected chi connectivity index (χ0v) is 53.5. The number of aromatic nitrogens is 4. The largest absolute Gasteiger partial charge is 0.487 e. The van der Waals surface area contributed by atoms with Gasteiger partial charge in [-0.2, -0.15) is 0 Å². The molecule has 0 saturated carbocycles. The lowest BCUT2D eigenvalue weighted by Gasteiger charge is -2.24. The van der Waals surface area contributed by atoms with Crippen LogP contribution in [-0.4, -0.2) is 111 Å². The summed E-state index contributed by atoms with van der Waals surface area (Å²) in [5.74, 6) is 6.06. The molecule has 18 nitrogen and oxygen atoms in total. The average Bonchev–Trinajstić information content (AvgIpc) is 1.71. The highest BCUT2D eigenvalue weighted by molar-refractivity contribution is 6.04. The maximum absolute atomic E-state index is 15.2. The number of amides is 1. The third-order valence-corrected chi connectivity index (χ3v) is 17.4. The molecule has 6 aromatic rings. The number of hydrogen-bond acceptors (Lipinski definition) is 15. The van der Waals surface area contributed by atoms with Crippen molar-refractivity contribution in [2.75, 3.05) is 66.8 Å². The molecule has 3 unspecified atom stereocenters. The van der Waals surface area contributed by atoms with Crippen molar-refractivity contribution in [2.24, 2.45) is 27.7 Å². The van der Waals surface area contributed by atoms with Crippen molar-refractivity contribution in [1.29, 1.82) is 0 Å². The molecule has 1 amide bonds. The summed E-state index contributed by atoms with van der Waals surface area (Å²) >= 11 is 0. The molecule has 470 valence electrons. The zero-order valence-electron chi connectivity index (χ0n) is 53.5. The van der Waals surface area contributed by atoms with Gasteiger partial charge in [0.15, 0.2) is 11.5 Å². The van der Waals surface area contributed by atoms with Crippen molar-refractivity contribution >= 4 is 57.8 Å². The van der Waals surface area contributed by atoms with Crippen LogP contribution in [0, 0.1) is 43.4 Å². The molecular formula is C71H86N8O10. The Kier molecular flexibility index (Phi) is 22.5. The summed E-state index contributed by atoms with van der Waals surface area (Å²) in [6.45, 7) is 17.3. The Labute approximate surface area is 523 Å². The van der Waals surface area contributed by atoms with Gasteiger partial charge in [-0.15, -0.1) is 0 Å². The number of benzene rings is 3. The fourth-order valence-corrected chi connectivity index (χ4v) is 12.5. The number of nitrogens with one attached hydrogen (secondary N) is 4. The van der Waals surface area contributed by atoms with E-state index >= 15 is 4.79 Å². The number of carbonyl (C=O) groups is 3. The van der Waals surface area contributed by atoms with E-state index < -0.39 is 11.9 Å². The van der Waals surface area contributed by atoms with Crippen molar-refractivity contribution < 1.29 is 47.5 Å². The number of ether oxygens (including phenoxy) is 7. The second-order valence-corrected chi connectivity index (χ2v) is 23.2. The first kappa shape index (κ1) is 65.1. The molecule has 3 aliphatic heterocycles. The molecule has 0 aliphatic carbocycles. The number of rotatable bonds is 26. The lowest BCUT2D eigenvalue weighted by Crippen LogP contribution is -2.29. The topological polar surface area (TPSA) is 222 Å². The molecule has 6 heterocycles. The van der Waals surface area contributed by atoms with Crippen molar-refractivity contribution in [3.8, 4) is 23.3 Å². The van der Waals surface area contributed by atoms with Gasteiger partial charge in [-0.3, -0.25) is 24.4 Å². The number of fused-ring (bicyclic) bond motifs is 7. The van der Waals surface area contributed by atoms with E-state index in [0.29, 0.717) is 92.1 Å². The minimum absolute atomic E-state index is 0.0801. The van der Waals surface area contributed by atoms with E-state index in [4.69, 9.17) is 43.1 Å². The number of esters is 2. The second kappa shape index (κ2) is 30.7. The summed E-state index contributed by atoms with van der Waals surface area (Å²) in [5, 5.41) is 7.44. The van der Waals surface area contributed by atoms with Crippen LogP contribution in [0.15, 0.2) is 93.9 Å². The highest BCUT2D eigenvalue weighted by Gasteiger charge is 2.42. The van der Waals surface area contributed by atoms with Crippen LogP contribution in [0.5, 0.6) is 11.5 Å². The Morgan fingerprint density at radius 2 is 1.49 bits per heavy atom.